The van der Waals surface area contributed by atoms with E-state index in [0.29, 0.717) is 6.42 Å². The summed E-state index contributed by atoms with van der Waals surface area (Å²) in [5, 5.41) is 2.78. The number of thiazole rings is 1. The van der Waals surface area contributed by atoms with Crippen molar-refractivity contribution in [1.82, 2.24) is 4.98 Å². The second-order valence-corrected chi connectivity index (χ2v) is 8.58. The van der Waals surface area contributed by atoms with Gasteiger partial charge in [-0.2, -0.15) is 0 Å². The second-order valence-electron chi connectivity index (χ2n) is 5.20. The Kier molecular flexibility index (Phi) is 4.08. The molecule has 1 aliphatic carbocycles. The molecule has 1 saturated carbocycles. The Morgan fingerprint density at radius 3 is 2.78 bits per heavy atom. The highest BCUT2D eigenvalue weighted by molar-refractivity contribution is 7.91. The van der Waals surface area contributed by atoms with Crippen molar-refractivity contribution in [1.29, 1.82) is 0 Å². The summed E-state index contributed by atoms with van der Waals surface area (Å²) < 4.78 is 23.3. The smallest absolute Gasteiger partial charge is 0.150 e. The van der Waals surface area contributed by atoms with E-state index in [2.05, 4.69) is 4.98 Å². The predicted octanol–water partition coefficient (Wildman–Crippen LogP) is 2.05. The lowest BCUT2D eigenvalue weighted by atomic mass is 9.83. The first-order valence-corrected chi connectivity index (χ1v) is 9.08. The van der Waals surface area contributed by atoms with Gasteiger partial charge in [0.15, 0.2) is 0 Å². The molecule has 1 aromatic rings. The lowest BCUT2D eigenvalue weighted by Crippen LogP contribution is -2.33. The molecule has 2 N–H and O–H groups in total. The molecule has 3 atom stereocenters. The van der Waals surface area contributed by atoms with Crippen molar-refractivity contribution in [3.8, 4) is 0 Å². The SMILES string of the molecule is Cc1nc(C(N)C2CCCC(S(C)(=O)=O)C2)cs1. The third-order valence-electron chi connectivity index (χ3n) is 3.76. The van der Waals surface area contributed by atoms with Crippen LogP contribution < -0.4 is 5.73 Å². The zero-order chi connectivity index (χ0) is 13.3. The normalized spacial score (nSPS) is 27.1. The quantitative estimate of drug-likeness (QED) is 0.924. The number of aryl methyl sites for hydroxylation is 1. The molecule has 0 aromatic carbocycles. The molecular weight excluding hydrogens is 268 g/mol. The zero-order valence-corrected chi connectivity index (χ0v) is 12.4. The lowest BCUT2D eigenvalue weighted by Gasteiger charge is -2.31. The summed E-state index contributed by atoms with van der Waals surface area (Å²) in [7, 11) is -2.94. The first-order valence-electron chi connectivity index (χ1n) is 6.24. The summed E-state index contributed by atoms with van der Waals surface area (Å²) in [6.45, 7) is 1.96. The average Bonchev–Trinajstić information content (AvgIpc) is 2.74. The molecule has 18 heavy (non-hydrogen) atoms. The monoisotopic (exact) mass is 288 g/mol. The van der Waals surface area contributed by atoms with Crippen LogP contribution in [0.25, 0.3) is 0 Å². The van der Waals surface area contributed by atoms with Gasteiger partial charge in [-0.25, -0.2) is 13.4 Å². The van der Waals surface area contributed by atoms with Crippen molar-refractivity contribution in [2.24, 2.45) is 11.7 Å². The van der Waals surface area contributed by atoms with Crippen LogP contribution in [0, 0.1) is 12.8 Å². The molecule has 0 spiro atoms. The van der Waals surface area contributed by atoms with E-state index in [0.717, 1.165) is 30.0 Å². The van der Waals surface area contributed by atoms with E-state index in [4.69, 9.17) is 5.73 Å². The highest BCUT2D eigenvalue weighted by Gasteiger charge is 2.32. The Balaban J connectivity index is 2.09. The van der Waals surface area contributed by atoms with Gasteiger partial charge in [-0.05, 0) is 32.1 Å². The van der Waals surface area contributed by atoms with Crippen molar-refractivity contribution < 1.29 is 8.42 Å². The molecule has 1 heterocycles. The molecule has 0 aliphatic heterocycles. The van der Waals surface area contributed by atoms with E-state index < -0.39 is 9.84 Å². The van der Waals surface area contributed by atoms with Crippen molar-refractivity contribution in [2.75, 3.05) is 6.26 Å². The molecule has 1 aromatic heterocycles. The van der Waals surface area contributed by atoms with Crippen LogP contribution in [0.4, 0.5) is 0 Å². The summed E-state index contributed by atoms with van der Waals surface area (Å²) in [4.78, 5) is 4.42. The fraction of sp³-hybridized carbons (Fsp3) is 0.750. The van der Waals surface area contributed by atoms with Gasteiger partial charge in [0.2, 0.25) is 0 Å². The van der Waals surface area contributed by atoms with Crippen LogP contribution in [0.2, 0.25) is 0 Å². The molecule has 4 nitrogen and oxygen atoms in total. The Morgan fingerprint density at radius 1 is 1.50 bits per heavy atom. The topological polar surface area (TPSA) is 73.0 Å². The average molecular weight is 288 g/mol. The number of hydrogen-bond donors (Lipinski definition) is 1. The van der Waals surface area contributed by atoms with Gasteiger partial charge in [0.1, 0.15) is 9.84 Å². The van der Waals surface area contributed by atoms with Crippen LogP contribution in [-0.4, -0.2) is 24.9 Å². The second kappa shape index (κ2) is 5.27. The standard InChI is InChI=1S/C12H20N2O2S2/c1-8-14-11(7-17-8)12(13)9-4-3-5-10(6-9)18(2,15)16/h7,9-10,12H,3-6,13H2,1-2H3. The van der Waals surface area contributed by atoms with Gasteiger partial charge in [-0.15, -0.1) is 11.3 Å². The van der Waals surface area contributed by atoms with E-state index in [9.17, 15) is 8.42 Å². The largest absolute Gasteiger partial charge is 0.322 e. The first kappa shape index (κ1) is 14.0. The lowest BCUT2D eigenvalue weighted by molar-refractivity contribution is 0.306. The molecule has 0 saturated heterocycles. The molecular formula is C12H20N2O2S2. The number of aromatic nitrogens is 1. The van der Waals surface area contributed by atoms with E-state index in [1.807, 2.05) is 12.3 Å². The molecule has 1 fully saturated rings. The summed E-state index contributed by atoms with van der Waals surface area (Å²) >= 11 is 1.59. The Bertz CT molecular complexity index is 510. The molecule has 6 heteroatoms. The third-order valence-corrected chi connectivity index (χ3v) is 6.19. The minimum atomic E-state index is -2.94. The summed E-state index contributed by atoms with van der Waals surface area (Å²) in [5.74, 6) is 0.236. The Labute approximate surface area is 113 Å². The van der Waals surface area contributed by atoms with Crippen molar-refractivity contribution in [3.05, 3.63) is 16.1 Å². The Morgan fingerprint density at radius 2 is 2.22 bits per heavy atom. The zero-order valence-electron chi connectivity index (χ0n) is 10.8. The van der Waals surface area contributed by atoms with Gasteiger partial charge in [-0.3, -0.25) is 0 Å². The molecule has 1 aliphatic rings. The van der Waals surface area contributed by atoms with Crippen molar-refractivity contribution >= 4 is 21.2 Å². The minimum Gasteiger partial charge on any atom is -0.322 e. The summed E-state index contributed by atoms with van der Waals surface area (Å²) in [5.41, 5.74) is 7.15. The number of hydrogen-bond acceptors (Lipinski definition) is 5. The minimum absolute atomic E-state index is 0.125. The van der Waals surface area contributed by atoms with Crippen LogP contribution in [0.5, 0.6) is 0 Å². The van der Waals surface area contributed by atoms with E-state index in [-0.39, 0.29) is 17.2 Å². The Hall–Kier alpha value is -0.460. The van der Waals surface area contributed by atoms with Crippen LogP contribution in [0.3, 0.4) is 0 Å². The van der Waals surface area contributed by atoms with Gasteiger partial charge in [0.25, 0.3) is 0 Å². The molecule has 2 rings (SSSR count). The van der Waals surface area contributed by atoms with Crippen molar-refractivity contribution in [2.45, 2.75) is 43.9 Å². The predicted molar refractivity (Wildman–Crippen MR) is 74.4 cm³/mol. The molecule has 0 amide bonds. The van der Waals surface area contributed by atoms with Crippen LogP contribution in [-0.2, 0) is 9.84 Å². The van der Waals surface area contributed by atoms with Gasteiger partial charge in [0, 0.05) is 11.6 Å². The van der Waals surface area contributed by atoms with E-state index in [1.54, 1.807) is 11.3 Å². The van der Waals surface area contributed by atoms with E-state index in [1.165, 1.54) is 6.26 Å². The first-order chi connectivity index (χ1) is 8.38. The fourth-order valence-corrected chi connectivity index (χ4v) is 4.52. The van der Waals surface area contributed by atoms with E-state index >= 15 is 0 Å². The van der Waals surface area contributed by atoms with Gasteiger partial charge >= 0.3 is 0 Å². The van der Waals surface area contributed by atoms with Gasteiger partial charge in [0.05, 0.1) is 22.0 Å². The van der Waals surface area contributed by atoms with Crippen LogP contribution in [0.1, 0.15) is 42.4 Å². The molecule has 0 bridgehead atoms. The molecule has 0 radical (unpaired) electrons. The summed E-state index contributed by atoms with van der Waals surface area (Å²) in [6.07, 6.45) is 4.73. The number of rotatable bonds is 3. The highest BCUT2D eigenvalue weighted by atomic mass is 32.2. The number of sulfone groups is 1. The maximum absolute atomic E-state index is 11.6. The highest BCUT2D eigenvalue weighted by Crippen LogP contribution is 2.35. The summed E-state index contributed by atoms with van der Waals surface area (Å²) in [6, 6.07) is -0.125. The van der Waals surface area contributed by atoms with Gasteiger partial charge in [-0.1, -0.05) is 6.42 Å². The maximum atomic E-state index is 11.6. The van der Waals surface area contributed by atoms with Gasteiger partial charge < -0.3 is 5.73 Å². The molecule has 3 unspecified atom stereocenters. The maximum Gasteiger partial charge on any atom is 0.150 e. The van der Waals surface area contributed by atoms with Crippen molar-refractivity contribution in [3.63, 3.8) is 0 Å². The van der Waals surface area contributed by atoms with Crippen LogP contribution in [0.15, 0.2) is 5.38 Å². The molecule has 102 valence electrons. The van der Waals surface area contributed by atoms with Crippen LogP contribution >= 0.6 is 11.3 Å². The third kappa shape index (κ3) is 3.10. The number of nitrogens with zero attached hydrogens (tertiary/aromatic N) is 1. The number of nitrogens with two attached hydrogens (primary N) is 1. The fourth-order valence-electron chi connectivity index (χ4n) is 2.67.